The summed E-state index contributed by atoms with van der Waals surface area (Å²) >= 11 is 0. The van der Waals surface area contributed by atoms with Crippen LogP contribution in [-0.2, 0) is 6.42 Å². The van der Waals surface area contributed by atoms with Crippen molar-refractivity contribution in [3.63, 3.8) is 0 Å². The molecule has 0 bridgehead atoms. The average Bonchev–Trinajstić information content (AvgIpc) is 3.14. The molecule has 4 aromatic rings. The van der Waals surface area contributed by atoms with Gasteiger partial charge in [0.15, 0.2) is 0 Å². The molecule has 0 saturated carbocycles. The van der Waals surface area contributed by atoms with Crippen LogP contribution in [0.5, 0.6) is 0 Å². The number of aromatic amines is 1. The van der Waals surface area contributed by atoms with Crippen molar-refractivity contribution >= 4 is 22.6 Å². The van der Waals surface area contributed by atoms with Crippen LogP contribution in [0, 0.1) is 13.8 Å². The molecule has 0 radical (unpaired) electrons. The Hall–Kier alpha value is -3.53. The molecule has 1 aromatic heterocycles. The van der Waals surface area contributed by atoms with Gasteiger partial charge >= 0.3 is 6.03 Å². The molecule has 2 amide bonds. The van der Waals surface area contributed by atoms with E-state index in [4.69, 9.17) is 0 Å². The Morgan fingerprint density at radius 1 is 0.933 bits per heavy atom. The van der Waals surface area contributed by atoms with Gasteiger partial charge in [0.25, 0.3) is 0 Å². The van der Waals surface area contributed by atoms with Crippen LogP contribution in [0.15, 0.2) is 72.8 Å². The number of carbonyl (C=O) groups is 1. The molecule has 0 aliphatic carbocycles. The van der Waals surface area contributed by atoms with E-state index >= 15 is 0 Å². The van der Waals surface area contributed by atoms with Crippen molar-refractivity contribution in [2.24, 2.45) is 0 Å². The number of anilines is 1. The first-order valence-corrected chi connectivity index (χ1v) is 10.4. The molecule has 4 heteroatoms. The van der Waals surface area contributed by atoms with E-state index in [2.05, 4.69) is 59.7 Å². The minimum atomic E-state index is -0.146. The van der Waals surface area contributed by atoms with Gasteiger partial charge in [-0.05, 0) is 49.6 Å². The number of H-pyrrole nitrogens is 1. The number of urea groups is 1. The summed E-state index contributed by atoms with van der Waals surface area (Å²) in [6.07, 6.45) is 0.836. The van der Waals surface area contributed by atoms with E-state index in [1.165, 1.54) is 22.1 Å². The van der Waals surface area contributed by atoms with Crippen molar-refractivity contribution in [3.8, 4) is 0 Å². The van der Waals surface area contributed by atoms with E-state index in [0.29, 0.717) is 6.54 Å². The number of hydrogen-bond acceptors (Lipinski definition) is 1. The van der Waals surface area contributed by atoms with E-state index in [1.807, 2.05) is 42.2 Å². The Balaban J connectivity index is 1.56. The number of amides is 2. The van der Waals surface area contributed by atoms with Crippen LogP contribution in [0.25, 0.3) is 10.9 Å². The van der Waals surface area contributed by atoms with Crippen LogP contribution in [0.2, 0.25) is 0 Å². The molecule has 1 aliphatic heterocycles. The molecule has 2 N–H and O–H groups in total. The molecule has 0 spiro atoms. The van der Waals surface area contributed by atoms with Crippen molar-refractivity contribution in [2.45, 2.75) is 26.3 Å². The zero-order valence-corrected chi connectivity index (χ0v) is 17.3. The van der Waals surface area contributed by atoms with Gasteiger partial charge in [-0.1, -0.05) is 65.7 Å². The summed E-state index contributed by atoms with van der Waals surface area (Å²) in [5.74, 6) is 0. The number of benzene rings is 3. The molecule has 0 saturated heterocycles. The maximum Gasteiger partial charge on any atom is 0.322 e. The van der Waals surface area contributed by atoms with Crippen molar-refractivity contribution in [1.29, 1.82) is 0 Å². The van der Waals surface area contributed by atoms with Crippen LogP contribution in [0.1, 0.15) is 34.0 Å². The van der Waals surface area contributed by atoms with Gasteiger partial charge in [-0.2, -0.15) is 0 Å². The molecule has 3 aromatic carbocycles. The minimum Gasteiger partial charge on any atom is -0.356 e. The molecule has 1 atom stereocenters. The highest BCUT2D eigenvalue weighted by Crippen LogP contribution is 2.38. The molecule has 5 rings (SSSR count). The number of nitrogens with zero attached hydrogens (tertiary/aromatic N) is 1. The number of aromatic nitrogens is 1. The second kappa shape index (κ2) is 7.38. The number of rotatable bonds is 2. The lowest BCUT2D eigenvalue weighted by atomic mass is 9.92. The fraction of sp³-hybridized carbons (Fsp3) is 0.192. The predicted molar refractivity (Wildman–Crippen MR) is 122 cm³/mol. The van der Waals surface area contributed by atoms with Gasteiger partial charge in [0.05, 0.1) is 6.04 Å². The zero-order chi connectivity index (χ0) is 20.7. The molecule has 4 nitrogen and oxygen atoms in total. The molecular weight excluding hydrogens is 370 g/mol. The third kappa shape index (κ3) is 3.24. The number of aryl methyl sites for hydroxylation is 2. The maximum atomic E-state index is 13.3. The fourth-order valence-corrected chi connectivity index (χ4v) is 4.39. The first-order chi connectivity index (χ1) is 14.6. The van der Waals surface area contributed by atoms with E-state index < -0.39 is 0 Å². The third-order valence-electron chi connectivity index (χ3n) is 5.99. The molecule has 0 fully saturated rings. The van der Waals surface area contributed by atoms with Crippen molar-refractivity contribution in [1.82, 2.24) is 9.88 Å². The second-order valence-electron chi connectivity index (χ2n) is 8.12. The minimum absolute atomic E-state index is 0.0752. The maximum absolute atomic E-state index is 13.3. The topological polar surface area (TPSA) is 48.1 Å². The van der Waals surface area contributed by atoms with Crippen molar-refractivity contribution in [2.75, 3.05) is 11.9 Å². The summed E-state index contributed by atoms with van der Waals surface area (Å²) < 4.78 is 0. The monoisotopic (exact) mass is 395 g/mol. The van der Waals surface area contributed by atoms with Gasteiger partial charge in [-0.3, -0.25) is 0 Å². The summed E-state index contributed by atoms with van der Waals surface area (Å²) in [4.78, 5) is 18.9. The average molecular weight is 396 g/mol. The van der Waals surface area contributed by atoms with Crippen LogP contribution in [0.4, 0.5) is 10.5 Å². The highest BCUT2D eigenvalue weighted by molar-refractivity contribution is 5.91. The SMILES string of the molecule is Cc1ccc(NC(=O)N2CCc3c([nH]c4ccccc34)[C@H]2c2ccc(C)cc2)cc1. The van der Waals surface area contributed by atoms with Gasteiger partial charge in [0.2, 0.25) is 0 Å². The number of hydrogen-bond donors (Lipinski definition) is 2. The smallest absolute Gasteiger partial charge is 0.322 e. The Bertz CT molecular complexity index is 1210. The van der Waals surface area contributed by atoms with Crippen molar-refractivity contribution in [3.05, 3.63) is 101 Å². The summed E-state index contributed by atoms with van der Waals surface area (Å²) in [7, 11) is 0. The normalized spacial score (nSPS) is 15.8. The number of fused-ring (bicyclic) bond motifs is 3. The summed E-state index contributed by atoms with van der Waals surface area (Å²) in [5, 5.41) is 4.34. The Kier molecular flexibility index (Phi) is 4.55. The Labute approximate surface area is 176 Å². The summed E-state index contributed by atoms with van der Waals surface area (Å²) in [5.41, 5.74) is 7.87. The van der Waals surface area contributed by atoms with Gasteiger partial charge < -0.3 is 15.2 Å². The van der Waals surface area contributed by atoms with E-state index in [0.717, 1.165) is 28.9 Å². The van der Waals surface area contributed by atoms with Crippen LogP contribution in [0.3, 0.4) is 0 Å². The predicted octanol–water partition coefficient (Wildman–Crippen LogP) is 5.96. The fourth-order valence-electron chi connectivity index (χ4n) is 4.39. The second-order valence-corrected chi connectivity index (χ2v) is 8.12. The van der Waals surface area contributed by atoms with E-state index in [1.54, 1.807) is 0 Å². The lowest BCUT2D eigenvalue weighted by molar-refractivity contribution is 0.193. The number of nitrogens with one attached hydrogen (secondary N) is 2. The summed E-state index contributed by atoms with van der Waals surface area (Å²) in [6.45, 7) is 4.80. The Morgan fingerprint density at radius 2 is 1.60 bits per heavy atom. The lowest BCUT2D eigenvalue weighted by Gasteiger charge is -2.36. The first-order valence-electron chi connectivity index (χ1n) is 10.4. The first kappa shape index (κ1) is 18.5. The van der Waals surface area contributed by atoms with Gasteiger partial charge in [0.1, 0.15) is 0 Å². The lowest BCUT2D eigenvalue weighted by Crippen LogP contribution is -2.43. The molecule has 2 heterocycles. The van der Waals surface area contributed by atoms with Crippen LogP contribution in [-0.4, -0.2) is 22.5 Å². The van der Waals surface area contributed by atoms with E-state index in [-0.39, 0.29) is 12.1 Å². The molecular formula is C26H25N3O. The zero-order valence-electron chi connectivity index (χ0n) is 17.3. The molecule has 0 unspecified atom stereocenters. The highest BCUT2D eigenvalue weighted by Gasteiger charge is 2.34. The van der Waals surface area contributed by atoms with Crippen molar-refractivity contribution < 1.29 is 4.79 Å². The third-order valence-corrected chi connectivity index (χ3v) is 5.99. The van der Waals surface area contributed by atoms with Gasteiger partial charge in [-0.25, -0.2) is 4.79 Å². The van der Waals surface area contributed by atoms with Crippen LogP contribution >= 0.6 is 0 Å². The highest BCUT2D eigenvalue weighted by atomic mass is 16.2. The van der Waals surface area contributed by atoms with Crippen LogP contribution < -0.4 is 5.32 Å². The quantitative estimate of drug-likeness (QED) is 0.432. The molecule has 30 heavy (non-hydrogen) atoms. The van der Waals surface area contributed by atoms with Gasteiger partial charge in [0, 0.05) is 28.8 Å². The number of carbonyl (C=O) groups excluding carboxylic acids is 1. The number of para-hydroxylation sites is 1. The standard InChI is InChI=1S/C26H25N3O/c1-17-7-11-19(12-8-17)25-24-22(21-5-3-4-6-23(21)28-24)15-16-29(25)26(30)27-20-13-9-18(2)10-14-20/h3-14,25,28H,15-16H2,1-2H3,(H,27,30)/t25-/m1/s1. The molecule has 1 aliphatic rings. The Morgan fingerprint density at radius 3 is 2.33 bits per heavy atom. The van der Waals surface area contributed by atoms with E-state index in [9.17, 15) is 4.79 Å². The van der Waals surface area contributed by atoms with Gasteiger partial charge in [-0.15, -0.1) is 0 Å². The summed E-state index contributed by atoms with van der Waals surface area (Å²) in [6, 6.07) is 24.6. The molecule has 150 valence electrons. The largest absolute Gasteiger partial charge is 0.356 e.